The first-order valence-electron chi connectivity index (χ1n) is 7.98. The van der Waals surface area contributed by atoms with Crippen molar-refractivity contribution in [2.75, 3.05) is 47.2 Å². The Morgan fingerprint density at radius 2 is 1.00 bits per heavy atom. The van der Waals surface area contributed by atoms with Gasteiger partial charge in [-0.25, -0.2) is 0 Å². The Morgan fingerprint density at radius 1 is 0.565 bits per heavy atom. The van der Waals surface area contributed by atoms with Crippen LogP contribution in [0, 0.1) is 0 Å². The maximum atomic E-state index is 2.18. The number of hydrogen-bond donors (Lipinski definition) is 0. The van der Waals surface area contributed by atoms with E-state index in [0.717, 1.165) is 13.1 Å². The smallest absolute Gasteiger partial charge is 0.0361 e. The SMILES string of the molecule is CN(C)Cc1ccc(N(C)C)cc1.CN(C)Cc1ccccc1. The van der Waals surface area contributed by atoms with Crippen LogP contribution in [0.2, 0.25) is 0 Å². The third kappa shape index (κ3) is 8.38. The summed E-state index contributed by atoms with van der Waals surface area (Å²) in [5.74, 6) is 0. The topological polar surface area (TPSA) is 9.72 Å². The quantitative estimate of drug-likeness (QED) is 0.835. The molecule has 3 heteroatoms. The van der Waals surface area contributed by atoms with Gasteiger partial charge in [0, 0.05) is 32.9 Å². The molecule has 0 spiro atoms. The average Bonchev–Trinajstić information content (AvgIpc) is 2.48. The first-order valence-corrected chi connectivity index (χ1v) is 7.98. The molecule has 0 unspecified atom stereocenters. The van der Waals surface area contributed by atoms with E-state index in [1.54, 1.807) is 0 Å². The van der Waals surface area contributed by atoms with E-state index in [9.17, 15) is 0 Å². The fourth-order valence-corrected chi connectivity index (χ4v) is 2.21. The van der Waals surface area contributed by atoms with Gasteiger partial charge in [-0.3, -0.25) is 0 Å². The van der Waals surface area contributed by atoms with Gasteiger partial charge in [0.15, 0.2) is 0 Å². The highest BCUT2D eigenvalue weighted by atomic mass is 15.1. The minimum atomic E-state index is 1.01. The van der Waals surface area contributed by atoms with Gasteiger partial charge in [-0.05, 0) is 51.5 Å². The van der Waals surface area contributed by atoms with Crippen molar-refractivity contribution in [3.63, 3.8) is 0 Å². The molecule has 0 saturated heterocycles. The molecule has 0 aliphatic rings. The van der Waals surface area contributed by atoms with E-state index in [1.165, 1.54) is 16.8 Å². The van der Waals surface area contributed by atoms with Crippen LogP contribution in [0.4, 0.5) is 5.69 Å². The Morgan fingerprint density at radius 3 is 1.39 bits per heavy atom. The van der Waals surface area contributed by atoms with Crippen molar-refractivity contribution in [3.05, 3.63) is 65.7 Å². The monoisotopic (exact) mass is 313 g/mol. The Bertz CT molecular complexity index is 531. The Kier molecular flexibility index (Phi) is 8.38. The molecule has 0 fully saturated rings. The summed E-state index contributed by atoms with van der Waals surface area (Å²) in [4.78, 5) is 6.44. The van der Waals surface area contributed by atoms with Crippen LogP contribution in [0.25, 0.3) is 0 Å². The zero-order chi connectivity index (χ0) is 17.2. The van der Waals surface area contributed by atoms with Crippen LogP contribution < -0.4 is 4.90 Å². The van der Waals surface area contributed by atoms with Crippen LogP contribution in [0.3, 0.4) is 0 Å². The second-order valence-corrected chi connectivity index (χ2v) is 6.52. The maximum Gasteiger partial charge on any atom is 0.0361 e. The van der Waals surface area contributed by atoms with E-state index in [0.29, 0.717) is 0 Å². The van der Waals surface area contributed by atoms with Crippen LogP contribution in [-0.2, 0) is 13.1 Å². The second-order valence-electron chi connectivity index (χ2n) is 6.52. The summed E-state index contributed by atoms with van der Waals surface area (Å²) in [6.07, 6.45) is 0. The summed E-state index contributed by atoms with van der Waals surface area (Å²) in [5, 5.41) is 0. The molecular formula is C20H31N3. The molecule has 0 bridgehead atoms. The zero-order valence-electron chi connectivity index (χ0n) is 15.5. The lowest BCUT2D eigenvalue weighted by molar-refractivity contribution is 0.402. The first kappa shape index (κ1) is 19.2. The van der Waals surface area contributed by atoms with E-state index >= 15 is 0 Å². The molecule has 0 atom stereocenters. The van der Waals surface area contributed by atoms with E-state index in [1.807, 2.05) is 6.07 Å². The molecule has 0 N–H and O–H groups in total. The normalized spacial score (nSPS) is 10.4. The summed E-state index contributed by atoms with van der Waals surface area (Å²) in [5.41, 5.74) is 3.98. The highest BCUT2D eigenvalue weighted by molar-refractivity contribution is 5.45. The molecule has 0 aromatic heterocycles. The largest absolute Gasteiger partial charge is 0.378 e. The lowest BCUT2D eigenvalue weighted by Gasteiger charge is -2.14. The van der Waals surface area contributed by atoms with Crippen molar-refractivity contribution >= 4 is 5.69 Å². The third-order valence-corrected chi connectivity index (χ3v) is 3.29. The van der Waals surface area contributed by atoms with Crippen LogP contribution in [-0.4, -0.2) is 52.1 Å². The minimum absolute atomic E-state index is 1.01. The van der Waals surface area contributed by atoms with Crippen LogP contribution in [0.5, 0.6) is 0 Å². The van der Waals surface area contributed by atoms with Crippen molar-refractivity contribution < 1.29 is 0 Å². The molecular weight excluding hydrogens is 282 g/mol. The van der Waals surface area contributed by atoms with Crippen LogP contribution in [0.15, 0.2) is 54.6 Å². The predicted molar refractivity (Wildman–Crippen MR) is 102 cm³/mol. The summed E-state index contributed by atoms with van der Waals surface area (Å²) < 4.78 is 0. The van der Waals surface area contributed by atoms with Crippen molar-refractivity contribution in [3.8, 4) is 0 Å². The van der Waals surface area contributed by atoms with E-state index in [-0.39, 0.29) is 0 Å². The van der Waals surface area contributed by atoms with Crippen molar-refractivity contribution in [1.29, 1.82) is 0 Å². The van der Waals surface area contributed by atoms with Gasteiger partial charge in [0.25, 0.3) is 0 Å². The number of benzene rings is 2. The molecule has 23 heavy (non-hydrogen) atoms. The molecule has 0 radical (unpaired) electrons. The second kappa shape index (κ2) is 10.0. The molecule has 126 valence electrons. The first-order chi connectivity index (χ1) is 10.9. The molecule has 2 rings (SSSR count). The fraction of sp³-hybridized carbons (Fsp3) is 0.400. The molecule has 0 heterocycles. The van der Waals surface area contributed by atoms with E-state index in [2.05, 4.69) is 106 Å². The summed E-state index contributed by atoms with van der Waals surface area (Å²) in [6.45, 7) is 2.04. The van der Waals surface area contributed by atoms with Crippen molar-refractivity contribution in [2.45, 2.75) is 13.1 Å². The highest BCUT2D eigenvalue weighted by Crippen LogP contribution is 2.12. The van der Waals surface area contributed by atoms with Crippen LogP contribution >= 0.6 is 0 Å². The maximum absolute atomic E-state index is 2.18. The minimum Gasteiger partial charge on any atom is -0.378 e. The third-order valence-electron chi connectivity index (χ3n) is 3.29. The molecule has 0 amide bonds. The summed E-state index contributed by atoms with van der Waals surface area (Å²) in [7, 11) is 12.4. The highest BCUT2D eigenvalue weighted by Gasteiger charge is 1.96. The number of nitrogens with zero attached hydrogens (tertiary/aromatic N) is 3. The van der Waals surface area contributed by atoms with Gasteiger partial charge in [0.2, 0.25) is 0 Å². The van der Waals surface area contributed by atoms with Crippen molar-refractivity contribution in [1.82, 2.24) is 9.80 Å². The molecule has 0 aliphatic heterocycles. The Labute approximate surface area is 142 Å². The van der Waals surface area contributed by atoms with Gasteiger partial charge in [-0.1, -0.05) is 42.5 Å². The lowest BCUT2D eigenvalue weighted by atomic mass is 10.2. The standard InChI is InChI=1S/C11H18N2.C9H13N/c1-12(2)9-10-5-7-11(8-6-10)13(3)4;1-10(2)8-9-6-4-3-5-7-9/h5-8H,9H2,1-4H3;3-7H,8H2,1-2H3. The number of hydrogen-bond acceptors (Lipinski definition) is 3. The fourth-order valence-electron chi connectivity index (χ4n) is 2.21. The van der Waals surface area contributed by atoms with Gasteiger partial charge >= 0.3 is 0 Å². The van der Waals surface area contributed by atoms with Crippen LogP contribution in [0.1, 0.15) is 11.1 Å². The van der Waals surface area contributed by atoms with Gasteiger partial charge in [0.05, 0.1) is 0 Å². The summed E-state index contributed by atoms with van der Waals surface area (Å²) >= 11 is 0. The molecule has 0 saturated carbocycles. The van der Waals surface area contributed by atoms with Gasteiger partial charge in [0.1, 0.15) is 0 Å². The number of anilines is 1. The lowest BCUT2D eigenvalue weighted by Crippen LogP contribution is -2.11. The summed E-state index contributed by atoms with van der Waals surface area (Å²) in [6, 6.07) is 19.1. The molecule has 0 aliphatic carbocycles. The molecule has 2 aromatic rings. The molecule has 2 aromatic carbocycles. The van der Waals surface area contributed by atoms with Gasteiger partial charge in [-0.15, -0.1) is 0 Å². The predicted octanol–water partition coefficient (Wildman–Crippen LogP) is 3.56. The number of rotatable bonds is 5. The van der Waals surface area contributed by atoms with Gasteiger partial charge in [-0.2, -0.15) is 0 Å². The Hall–Kier alpha value is -1.84. The van der Waals surface area contributed by atoms with Crippen molar-refractivity contribution in [2.24, 2.45) is 0 Å². The Balaban J connectivity index is 0.000000238. The zero-order valence-corrected chi connectivity index (χ0v) is 15.5. The molecule has 3 nitrogen and oxygen atoms in total. The van der Waals surface area contributed by atoms with E-state index < -0.39 is 0 Å². The average molecular weight is 313 g/mol. The van der Waals surface area contributed by atoms with Gasteiger partial charge < -0.3 is 14.7 Å². The van der Waals surface area contributed by atoms with E-state index in [4.69, 9.17) is 0 Å².